The van der Waals surface area contributed by atoms with Crippen LogP contribution in [0, 0.1) is 10.1 Å². The number of carbonyl (C=O) groups is 2. The van der Waals surface area contributed by atoms with Crippen molar-refractivity contribution in [2.24, 2.45) is 0 Å². The normalized spacial score (nSPS) is 10.8. The van der Waals surface area contributed by atoms with Crippen molar-refractivity contribution in [3.63, 3.8) is 0 Å². The van der Waals surface area contributed by atoms with Crippen LogP contribution in [0.2, 0.25) is 0 Å². The van der Waals surface area contributed by atoms with Crippen molar-refractivity contribution in [1.82, 2.24) is 9.38 Å². The minimum atomic E-state index is -0.597. The minimum Gasteiger partial charge on any atom is -0.296 e. The third-order valence-electron chi connectivity index (χ3n) is 4.69. The van der Waals surface area contributed by atoms with Crippen LogP contribution in [-0.4, -0.2) is 25.9 Å². The highest BCUT2D eigenvalue weighted by atomic mass is 16.6. The van der Waals surface area contributed by atoms with E-state index in [2.05, 4.69) is 4.98 Å². The zero-order chi connectivity index (χ0) is 20.5. The number of hydrogen-bond acceptors (Lipinski definition) is 5. The monoisotopic (exact) mass is 385 g/mol. The molecule has 0 atom stereocenters. The molecule has 0 aliphatic rings. The molecule has 2 aromatic carbocycles. The maximum absolute atomic E-state index is 13.1. The van der Waals surface area contributed by atoms with E-state index in [0.29, 0.717) is 16.8 Å². The number of carbonyl (C=O) groups excluding carboxylic acids is 2. The van der Waals surface area contributed by atoms with Crippen molar-refractivity contribution in [2.75, 3.05) is 0 Å². The number of para-hydroxylation sites is 1. The Hall–Kier alpha value is -4.13. The highest BCUT2D eigenvalue weighted by Gasteiger charge is 2.25. The molecule has 0 N–H and O–H groups in total. The zero-order valence-corrected chi connectivity index (χ0v) is 15.4. The van der Waals surface area contributed by atoms with Crippen molar-refractivity contribution in [3.05, 3.63) is 100.0 Å². The SMILES string of the molecule is CC(=O)c1cc(C(=O)c2ccccc2[N+](=O)[O-])n2cnc(-c3ccccc3)cc12. The van der Waals surface area contributed by atoms with Crippen molar-refractivity contribution < 1.29 is 14.5 Å². The summed E-state index contributed by atoms with van der Waals surface area (Å²) in [5.41, 5.74) is 2.22. The van der Waals surface area contributed by atoms with Crippen molar-refractivity contribution in [3.8, 4) is 11.3 Å². The highest BCUT2D eigenvalue weighted by molar-refractivity contribution is 6.13. The number of benzene rings is 2. The van der Waals surface area contributed by atoms with Gasteiger partial charge in [-0.1, -0.05) is 42.5 Å². The molecule has 4 rings (SSSR count). The second-order valence-corrected chi connectivity index (χ2v) is 6.50. The van der Waals surface area contributed by atoms with E-state index in [1.165, 1.54) is 41.9 Å². The minimum absolute atomic E-state index is 0.0425. The molecule has 7 nitrogen and oxygen atoms in total. The van der Waals surface area contributed by atoms with Crippen LogP contribution in [0.4, 0.5) is 5.69 Å². The Labute approximate surface area is 165 Å². The summed E-state index contributed by atoms with van der Waals surface area (Å²) in [6.45, 7) is 1.41. The maximum Gasteiger partial charge on any atom is 0.280 e. The van der Waals surface area contributed by atoms with Crippen LogP contribution in [0.25, 0.3) is 16.8 Å². The second kappa shape index (κ2) is 7.12. The quantitative estimate of drug-likeness (QED) is 0.289. The summed E-state index contributed by atoms with van der Waals surface area (Å²) in [7, 11) is 0. The number of nitro groups is 1. The Morgan fingerprint density at radius 1 is 0.966 bits per heavy atom. The van der Waals surface area contributed by atoms with Gasteiger partial charge in [0.2, 0.25) is 5.78 Å². The van der Waals surface area contributed by atoms with E-state index in [1.54, 1.807) is 12.1 Å². The van der Waals surface area contributed by atoms with Gasteiger partial charge in [-0.2, -0.15) is 0 Å². The fourth-order valence-electron chi connectivity index (χ4n) is 3.28. The molecule has 0 radical (unpaired) electrons. The van der Waals surface area contributed by atoms with Crippen LogP contribution in [-0.2, 0) is 0 Å². The Balaban J connectivity index is 1.91. The number of aromatic nitrogens is 2. The first kappa shape index (κ1) is 18.2. The van der Waals surface area contributed by atoms with E-state index >= 15 is 0 Å². The molecule has 0 spiro atoms. The molecule has 0 amide bonds. The molecule has 0 fully saturated rings. The Morgan fingerprint density at radius 3 is 2.34 bits per heavy atom. The third kappa shape index (κ3) is 3.19. The molecule has 0 saturated carbocycles. The predicted molar refractivity (Wildman–Crippen MR) is 107 cm³/mol. The van der Waals surface area contributed by atoms with E-state index < -0.39 is 10.7 Å². The number of ketones is 2. The average Bonchev–Trinajstić information content (AvgIpc) is 3.13. The summed E-state index contributed by atoms with van der Waals surface area (Å²) in [4.78, 5) is 40.4. The van der Waals surface area contributed by atoms with Gasteiger partial charge in [0.1, 0.15) is 11.9 Å². The predicted octanol–water partition coefficient (Wildman–Crippen LogP) is 4.34. The van der Waals surface area contributed by atoms with E-state index in [9.17, 15) is 19.7 Å². The summed E-state index contributed by atoms with van der Waals surface area (Å²) in [5.74, 6) is -0.761. The van der Waals surface area contributed by atoms with E-state index in [-0.39, 0.29) is 22.7 Å². The van der Waals surface area contributed by atoms with Gasteiger partial charge in [-0.05, 0) is 25.1 Å². The van der Waals surface area contributed by atoms with Gasteiger partial charge >= 0.3 is 0 Å². The van der Waals surface area contributed by atoms with Gasteiger partial charge < -0.3 is 0 Å². The molecule has 0 unspecified atom stereocenters. The standard InChI is InChI=1S/C22H15N3O4/c1-14(26)17-11-21(22(27)16-9-5-6-10-19(16)25(28)29)24-13-23-18(12-20(17)24)15-7-3-2-4-8-15/h2-13H,1H3. The number of nitro benzene ring substituents is 1. The first-order valence-corrected chi connectivity index (χ1v) is 8.83. The lowest BCUT2D eigenvalue weighted by Gasteiger charge is -2.06. The molecule has 4 aromatic rings. The lowest BCUT2D eigenvalue weighted by Crippen LogP contribution is -2.08. The first-order valence-electron chi connectivity index (χ1n) is 8.83. The summed E-state index contributed by atoms with van der Waals surface area (Å²) in [6, 6.07) is 18.4. The number of fused-ring (bicyclic) bond motifs is 1. The van der Waals surface area contributed by atoms with Gasteiger partial charge in [0.25, 0.3) is 5.69 Å². The van der Waals surface area contributed by atoms with Crippen LogP contribution in [0.5, 0.6) is 0 Å². The highest BCUT2D eigenvalue weighted by Crippen LogP contribution is 2.27. The molecule has 0 saturated heterocycles. The summed E-state index contributed by atoms with van der Waals surface area (Å²) in [6.07, 6.45) is 1.46. The molecule has 7 heteroatoms. The molecule has 0 aliphatic carbocycles. The lowest BCUT2D eigenvalue weighted by molar-refractivity contribution is -0.385. The van der Waals surface area contributed by atoms with Gasteiger partial charge in [-0.3, -0.25) is 24.1 Å². The number of Topliss-reactive ketones (excluding diaryl/α,β-unsaturated/α-hetero) is 1. The molecule has 142 valence electrons. The molecule has 0 bridgehead atoms. The summed E-state index contributed by atoms with van der Waals surface area (Å²) < 4.78 is 1.50. The van der Waals surface area contributed by atoms with E-state index in [1.807, 2.05) is 30.3 Å². The number of hydrogen-bond donors (Lipinski definition) is 0. The molecule has 29 heavy (non-hydrogen) atoms. The lowest BCUT2D eigenvalue weighted by atomic mass is 10.1. The summed E-state index contributed by atoms with van der Waals surface area (Å²) >= 11 is 0. The van der Waals surface area contributed by atoms with Gasteiger partial charge in [0.05, 0.1) is 21.8 Å². The van der Waals surface area contributed by atoms with Gasteiger partial charge in [-0.15, -0.1) is 0 Å². The molecule has 2 aromatic heterocycles. The summed E-state index contributed by atoms with van der Waals surface area (Å²) in [5, 5.41) is 11.3. The fraction of sp³-hybridized carbons (Fsp3) is 0.0455. The smallest absolute Gasteiger partial charge is 0.280 e. The van der Waals surface area contributed by atoms with Crippen LogP contribution in [0.3, 0.4) is 0 Å². The largest absolute Gasteiger partial charge is 0.296 e. The van der Waals surface area contributed by atoms with E-state index in [0.717, 1.165) is 5.56 Å². The van der Waals surface area contributed by atoms with Gasteiger partial charge in [0.15, 0.2) is 5.78 Å². The Morgan fingerprint density at radius 2 is 1.66 bits per heavy atom. The maximum atomic E-state index is 13.1. The van der Waals surface area contributed by atoms with Crippen molar-refractivity contribution in [2.45, 2.75) is 6.92 Å². The van der Waals surface area contributed by atoms with Crippen LogP contribution in [0.1, 0.15) is 33.3 Å². The number of rotatable bonds is 5. The molecule has 0 aliphatic heterocycles. The zero-order valence-electron chi connectivity index (χ0n) is 15.4. The van der Waals surface area contributed by atoms with Crippen molar-refractivity contribution >= 4 is 22.8 Å². The Bertz CT molecular complexity index is 1280. The van der Waals surface area contributed by atoms with Crippen LogP contribution >= 0.6 is 0 Å². The second-order valence-electron chi connectivity index (χ2n) is 6.50. The molecule has 2 heterocycles. The van der Waals surface area contributed by atoms with Crippen LogP contribution in [0.15, 0.2) is 73.1 Å². The average molecular weight is 385 g/mol. The molecular weight excluding hydrogens is 370 g/mol. The topological polar surface area (TPSA) is 94.6 Å². The van der Waals surface area contributed by atoms with Gasteiger partial charge in [-0.25, -0.2) is 4.98 Å². The van der Waals surface area contributed by atoms with Gasteiger partial charge in [0, 0.05) is 17.2 Å². The van der Waals surface area contributed by atoms with E-state index in [4.69, 9.17) is 0 Å². The first-order chi connectivity index (χ1) is 14.0. The number of nitrogens with zero attached hydrogens (tertiary/aromatic N) is 3. The van der Waals surface area contributed by atoms with Crippen LogP contribution < -0.4 is 0 Å². The molecular formula is C22H15N3O4. The fourth-order valence-corrected chi connectivity index (χ4v) is 3.28. The van der Waals surface area contributed by atoms with Crippen molar-refractivity contribution in [1.29, 1.82) is 0 Å². The Kier molecular flexibility index (Phi) is 4.48. The third-order valence-corrected chi connectivity index (χ3v) is 4.69.